The fourth-order valence-corrected chi connectivity index (χ4v) is 4.01. The van der Waals surface area contributed by atoms with Crippen molar-refractivity contribution < 1.29 is 9.90 Å². The lowest BCUT2D eigenvalue weighted by Gasteiger charge is -2.31. The summed E-state index contributed by atoms with van der Waals surface area (Å²) in [6, 6.07) is 16.4. The lowest BCUT2D eigenvalue weighted by molar-refractivity contribution is -0.142. The summed E-state index contributed by atoms with van der Waals surface area (Å²) in [4.78, 5) is 26.4. The summed E-state index contributed by atoms with van der Waals surface area (Å²) in [7, 11) is 0. The molecule has 0 bridgehead atoms. The minimum Gasteiger partial charge on any atom is -0.481 e. The molecule has 36 heavy (non-hydrogen) atoms. The molecule has 11 nitrogen and oxygen atoms in total. The van der Waals surface area contributed by atoms with Gasteiger partial charge in [0.25, 0.3) is 0 Å². The molecule has 0 unspecified atom stereocenters. The molecule has 1 aliphatic heterocycles. The van der Waals surface area contributed by atoms with Crippen LogP contribution >= 0.6 is 0 Å². The van der Waals surface area contributed by atoms with E-state index in [1.54, 1.807) is 30.5 Å². The van der Waals surface area contributed by atoms with Gasteiger partial charge in [0.15, 0.2) is 0 Å². The molecular formula is C25H25N9O2. The Morgan fingerprint density at radius 2 is 2.00 bits per heavy atom. The topological polar surface area (TPSA) is 177 Å². The number of nitrogens with one attached hydrogen (secondary N) is 2. The monoisotopic (exact) mass is 483 g/mol. The number of nitrogen functional groups attached to an aromatic ring is 1. The summed E-state index contributed by atoms with van der Waals surface area (Å²) in [6.07, 6.45) is 2.76. The van der Waals surface area contributed by atoms with E-state index >= 15 is 0 Å². The number of aromatic nitrogens is 3. The first kappa shape index (κ1) is 24.3. The van der Waals surface area contributed by atoms with E-state index in [4.69, 9.17) is 16.5 Å². The number of piperidine rings is 1. The SMILES string of the molecule is N#Cc1cccc(-c2cc(/C(=C/NCc3cccc(N4CCC(C(=O)O)CC4)n3)N=N)nc(N)n2)c1. The molecule has 0 atom stereocenters. The Morgan fingerprint density at radius 1 is 1.22 bits per heavy atom. The summed E-state index contributed by atoms with van der Waals surface area (Å²) in [5.41, 5.74) is 16.6. The van der Waals surface area contributed by atoms with Gasteiger partial charge in [-0.15, -0.1) is 0 Å². The first-order chi connectivity index (χ1) is 17.5. The number of pyridine rings is 1. The van der Waals surface area contributed by atoms with Crippen molar-refractivity contribution in [2.24, 2.45) is 11.0 Å². The number of carboxylic acids is 1. The fourth-order valence-electron chi connectivity index (χ4n) is 4.01. The van der Waals surface area contributed by atoms with Crippen molar-refractivity contribution in [2.75, 3.05) is 23.7 Å². The number of anilines is 2. The molecule has 11 heteroatoms. The van der Waals surface area contributed by atoms with E-state index in [-0.39, 0.29) is 17.6 Å². The standard InChI is InChI=1S/C25H25N9O2/c26-13-16-3-1-4-18(11-16)20-12-21(32-25(27)31-20)22(33-28)15-29-14-19-5-2-6-23(30-19)34-9-7-17(8-10-34)24(35)36/h1-6,11-12,15,17,28-29H,7-10,14H2,(H,35,36)(H2,27,31,32)/b22-15-,33-28?. The molecule has 3 heterocycles. The molecular weight excluding hydrogens is 458 g/mol. The van der Waals surface area contributed by atoms with Gasteiger partial charge in [0, 0.05) is 24.9 Å². The van der Waals surface area contributed by atoms with Crippen molar-refractivity contribution in [3.8, 4) is 17.3 Å². The highest BCUT2D eigenvalue weighted by atomic mass is 16.4. The van der Waals surface area contributed by atoms with Crippen molar-refractivity contribution in [1.29, 1.82) is 10.8 Å². The number of benzene rings is 1. The zero-order chi connectivity index (χ0) is 25.5. The Bertz CT molecular complexity index is 1340. The van der Waals surface area contributed by atoms with Crippen molar-refractivity contribution in [3.05, 3.63) is 71.7 Å². The summed E-state index contributed by atoms with van der Waals surface area (Å²) in [5, 5.41) is 25.1. The van der Waals surface area contributed by atoms with Gasteiger partial charge < -0.3 is 21.1 Å². The molecule has 1 saturated heterocycles. The Hall–Kier alpha value is -4.85. The maximum atomic E-state index is 11.2. The third-order valence-corrected chi connectivity index (χ3v) is 5.90. The molecule has 3 aromatic rings. The van der Waals surface area contributed by atoms with Gasteiger partial charge in [-0.2, -0.15) is 10.4 Å². The van der Waals surface area contributed by atoms with E-state index < -0.39 is 5.97 Å². The normalized spacial score (nSPS) is 14.2. The van der Waals surface area contributed by atoms with Crippen molar-refractivity contribution in [2.45, 2.75) is 19.4 Å². The lowest BCUT2D eigenvalue weighted by Crippen LogP contribution is -2.36. The molecule has 1 aliphatic rings. The Labute approximate surface area is 207 Å². The van der Waals surface area contributed by atoms with Crippen LogP contribution in [-0.2, 0) is 11.3 Å². The lowest BCUT2D eigenvalue weighted by atomic mass is 9.97. The summed E-state index contributed by atoms with van der Waals surface area (Å²) < 4.78 is 0. The van der Waals surface area contributed by atoms with E-state index in [1.165, 1.54) is 0 Å². The van der Waals surface area contributed by atoms with E-state index in [0.717, 1.165) is 11.5 Å². The molecule has 0 radical (unpaired) electrons. The highest BCUT2D eigenvalue weighted by Gasteiger charge is 2.25. The largest absolute Gasteiger partial charge is 0.481 e. The molecule has 0 saturated carbocycles. The molecule has 0 aliphatic carbocycles. The molecule has 2 aromatic heterocycles. The Balaban J connectivity index is 1.46. The Morgan fingerprint density at radius 3 is 2.72 bits per heavy atom. The molecule has 5 N–H and O–H groups in total. The third-order valence-electron chi connectivity index (χ3n) is 5.90. The molecule has 0 amide bonds. The number of carboxylic acid groups (broad SMARTS) is 1. The van der Waals surface area contributed by atoms with Crippen molar-refractivity contribution >= 4 is 23.4 Å². The van der Waals surface area contributed by atoms with Gasteiger partial charge >= 0.3 is 5.97 Å². The minimum atomic E-state index is -0.740. The smallest absolute Gasteiger partial charge is 0.306 e. The predicted octanol–water partition coefficient (Wildman–Crippen LogP) is 3.41. The summed E-state index contributed by atoms with van der Waals surface area (Å²) >= 11 is 0. The van der Waals surface area contributed by atoms with Crippen LogP contribution in [-0.4, -0.2) is 39.1 Å². The van der Waals surface area contributed by atoms with E-state index in [0.29, 0.717) is 55.0 Å². The second kappa shape index (κ2) is 11.1. The number of aliphatic carboxylic acids is 1. The zero-order valence-corrected chi connectivity index (χ0v) is 19.4. The molecule has 4 rings (SSSR count). The predicted molar refractivity (Wildman–Crippen MR) is 133 cm³/mol. The number of nitrogens with zero attached hydrogens (tertiary/aromatic N) is 6. The molecule has 1 fully saturated rings. The summed E-state index contributed by atoms with van der Waals surface area (Å²) in [6.45, 7) is 1.69. The molecule has 0 spiro atoms. The van der Waals surface area contributed by atoms with Crippen LogP contribution in [0.25, 0.3) is 17.0 Å². The van der Waals surface area contributed by atoms with E-state index in [1.807, 2.05) is 24.3 Å². The zero-order valence-electron chi connectivity index (χ0n) is 19.4. The van der Waals surface area contributed by atoms with Gasteiger partial charge in [-0.1, -0.05) is 18.2 Å². The third kappa shape index (κ3) is 5.79. The van der Waals surface area contributed by atoms with Crippen molar-refractivity contribution in [3.63, 3.8) is 0 Å². The van der Waals surface area contributed by atoms with Crippen LogP contribution in [0.5, 0.6) is 0 Å². The van der Waals surface area contributed by atoms with Crippen LogP contribution in [0.4, 0.5) is 11.8 Å². The number of nitrogens with two attached hydrogens (primary N) is 1. The maximum Gasteiger partial charge on any atom is 0.306 e. The van der Waals surface area contributed by atoms with Crippen LogP contribution < -0.4 is 16.0 Å². The quantitative estimate of drug-likeness (QED) is 0.349. The summed E-state index contributed by atoms with van der Waals surface area (Å²) in [5.74, 6) is -0.202. The first-order valence-electron chi connectivity index (χ1n) is 11.4. The van der Waals surface area contributed by atoms with Gasteiger partial charge in [0.2, 0.25) is 5.95 Å². The average molecular weight is 484 g/mol. The van der Waals surface area contributed by atoms with Crippen LogP contribution in [0.3, 0.4) is 0 Å². The minimum absolute atomic E-state index is 0.0282. The number of carbonyl (C=O) groups is 1. The Kier molecular flexibility index (Phi) is 7.45. The van der Waals surface area contributed by atoms with Crippen LogP contribution in [0.15, 0.2) is 59.8 Å². The van der Waals surface area contributed by atoms with Gasteiger partial charge in [-0.3, -0.25) is 4.79 Å². The highest BCUT2D eigenvalue weighted by Crippen LogP contribution is 2.24. The second-order valence-corrected chi connectivity index (χ2v) is 8.30. The van der Waals surface area contributed by atoms with E-state index in [9.17, 15) is 9.90 Å². The number of hydrogen-bond acceptors (Lipinski definition) is 10. The van der Waals surface area contributed by atoms with Crippen LogP contribution in [0.1, 0.15) is 29.8 Å². The molecule has 182 valence electrons. The van der Waals surface area contributed by atoms with Crippen LogP contribution in [0, 0.1) is 22.8 Å². The van der Waals surface area contributed by atoms with Gasteiger partial charge in [-0.05, 0) is 43.2 Å². The molecule has 1 aromatic carbocycles. The first-order valence-corrected chi connectivity index (χ1v) is 11.4. The number of rotatable bonds is 8. The van der Waals surface area contributed by atoms with Crippen LogP contribution in [0.2, 0.25) is 0 Å². The van der Waals surface area contributed by atoms with Gasteiger partial charge in [0.05, 0.1) is 41.2 Å². The van der Waals surface area contributed by atoms with Gasteiger partial charge in [-0.25, -0.2) is 20.5 Å². The van der Waals surface area contributed by atoms with Crippen molar-refractivity contribution in [1.82, 2.24) is 20.3 Å². The van der Waals surface area contributed by atoms with Gasteiger partial charge in [0.1, 0.15) is 11.5 Å². The second-order valence-electron chi connectivity index (χ2n) is 8.30. The highest BCUT2D eigenvalue weighted by molar-refractivity contribution is 5.70. The number of nitriles is 1. The fraction of sp³-hybridized carbons (Fsp3) is 0.240. The van der Waals surface area contributed by atoms with E-state index in [2.05, 4.69) is 36.4 Å². The number of hydrogen-bond donors (Lipinski definition) is 4. The maximum absolute atomic E-state index is 11.2. The average Bonchev–Trinajstić information content (AvgIpc) is 2.91.